The van der Waals surface area contributed by atoms with Crippen LogP contribution in [0, 0.1) is 0 Å². The monoisotopic (exact) mass is 404 g/mol. The van der Waals surface area contributed by atoms with Gasteiger partial charge >= 0.3 is 0 Å². The number of para-hydroxylation sites is 1. The highest BCUT2D eigenvalue weighted by molar-refractivity contribution is 5.76. The van der Waals surface area contributed by atoms with Crippen molar-refractivity contribution >= 4 is 5.91 Å². The van der Waals surface area contributed by atoms with Crippen LogP contribution >= 0.6 is 0 Å². The molecular weight excluding hydrogens is 384 g/mol. The van der Waals surface area contributed by atoms with Gasteiger partial charge in [0.15, 0.2) is 12.4 Å². The lowest BCUT2D eigenvalue weighted by atomic mass is 10.1. The second-order valence-corrected chi connectivity index (χ2v) is 6.52. The summed E-state index contributed by atoms with van der Waals surface area (Å²) in [4.78, 5) is 12.1. The standard InChI is InChI=1S/C22H20N4O4/c27-20(23-14-17-13-19(30-26-17)16-7-3-1-4-8-16)11-12-21-24-25-22(29-21)15-28-18-9-5-2-6-10-18/h1-10,13H,11-12,14-15H2,(H,23,27). The van der Waals surface area contributed by atoms with Crippen LogP contribution in [0.2, 0.25) is 0 Å². The Hall–Kier alpha value is -3.94. The molecule has 2 aromatic carbocycles. The zero-order valence-electron chi connectivity index (χ0n) is 16.2. The predicted molar refractivity (Wildman–Crippen MR) is 107 cm³/mol. The number of carbonyl (C=O) groups excluding carboxylic acids is 1. The summed E-state index contributed by atoms with van der Waals surface area (Å²) >= 11 is 0. The van der Waals surface area contributed by atoms with Gasteiger partial charge in [-0.15, -0.1) is 10.2 Å². The third-order valence-corrected chi connectivity index (χ3v) is 4.26. The van der Waals surface area contributed by atoms with Crippen LogP contribution in [0.1, 0.15) is 23.9 Å². The van der Waals surface area contributed by atoms with E-state index in [0.717, 1.165) is 11.3 Å². The maximum Gasteiger partial charge on any atom is 0.253 e. The first-order valence-electron chi connectivity index (χ1n) is 9.53. The Kier molecular flexibility index (Phi) is 6.14. The van der Waals surface area contributed by atoms with Crippen molar-refractivity contribution in [2.75, 3.05) is 0 Å². The average molecular weight is 404 g/mol. The molecule has 1 N–H and O–H groups in total. The lowest BCUT2D eigenvalue weighted by Gasteiger charge is -2.02. The van der Waals surface area contributed by atoms with Gasteiger partial charge in [0.25, 0.3) is 5.89 Å². The van der Waals surface area contributed by atoms with Crippen LogP contribution in [0.5, 0.6) is 5.75 Å². The Morgan fingerprint density at radius 3 is 2.50 bits per heavy atom. The molecule has 0 aliphatic rings. The normalized spacial score (nSPS) is 10.7. The van der Waals surface area contributed by atoms with Crippen molar-refractivity contribution in [2.45, 2.75) is 26.0 Å². The van der Waals surface area contributed by atoms with Gasteiger partial charge in [0.2, 0.25) is 11.8 Å². The zero-order valence-corrected chi connectivity index (χ0v) is 16.2. The Bertz CT molecular complexity index is 1080. The molecule has 0 spiro atoms. The summed E-state index contributed by atoms with van der Waals surface area (Å²) in [5, 5.41) is 14.7. The molecule has 2 heterocycles. The van der Waals surface area contributed by atoms with Crippen molar-refractivity contribution in [1.82, 2.24) is 20.7 Å². The Balaban J connectivity index is 1.20. The Morgan fingerprint density at radius 1 is 0.967 bits per heavy atom. The molecule has 0 bridgehead atoms. The summed E-state index contributed by atoms with van der Waals surface area (Å²) in [5.74, 6) is 2.00. The summed E-state index contributed by atoms with van der Waals surface area (Å²) in [6, 6.07) is 20.8. The summed E-state index contributed by atoms with van der Waals surface area (Å²) in [5.41, 5.74) is 1.59. The molecule has 2 aromatic heterocycles. The molecule has 8 nitrogen and oxygen atoms in total. The molecule has 30 heavy (non-hydrogen) atoms. The van der Waals surface area contributed by atoms with Crippen molar-refractivity contribution in [3.63, 3.8) is 0 Å². The molecule has 4 rings (SSSR count). The SMILES string of the molecule is O=C(CCc1nnc(COc2ccccc2)o1)NCc1cc(-c2ccccc2)on1. The Labute approximate surface area is 172 Å². The van der Waals surface area contributed by atoms with Gasteiger partial charge < -0.3 is 19.0 Å². The fourth-order valence-electron chi connectivity index (χ4n) is 2.74. The van der Waals surface area contributed by atoms with Gasteiger partial charge in [-0.25, -0.2) is 0 Å². The predicted octanol–water partition coefficient (Wildman–Crippen LogP) is 3.55. The molecule has 0 saturated carbocycles. The molecule has 4 aromatic rings. The van der Waals surface area contributed by atoms with E-state index in [9.17, 15) is 4.79 Å². The number of carbonyl (C=O) groups is 1. The largest absolute Gasteiger partial charge is 0.484 e. The molecule has 0 unspecified atom stereocenters. The second-order valence-electron chi connectivity index (χ2n) is 6.52. The van der Waals surface area contributed by atoms with Gasteiger partial charge in [0.1, 0.15) is 11.4 Å². The van der Waals surface area contributed by atoms with E-state index in [0.29, 0.717) is 29.7 Å². The second kappa shape index (κ2) is 9.51. The van der Waals surface area contributed by atoms with Crippen molar-refractivity contribution in [3.8, 4) is 17.1 Å². The number of aromatic nitrogens is 3. The molecule has 152 valence electrons. The molecule has 1 amide bonds. The quantitative estimate of drug-likeness (QED) is 0.455. The number of amides is 1. The number of hydrogen-bond acceptors (Lipinski definition) is 7. The summed E-state index contributed by atoms with van der Waals surface area (Å²) < 4.78 is 16.4. The highest BCUT2D eigenvalue weighted by Crippen LogP contribution is 2.19. The summed E-state index contributed by atoms with van der Waals surface area (Å²) in [6.07, 6.45) is 0.572. The van der Waals surface area contributed by atoms with Crippen molar-refractivity contribution < 1.29 is 18.5 Å². The van der Waals surface area contributed by atoms with E-state index in [4.69, 9.17) is 13.7 Å². The first-order valence-corrected chi connectivity index (χ1v) is 9.53. The van der Waals surface area contributed by atoms with Crippen LogP contribution in [0.4, 0.5) is 0 Å². The number of aryl methyl sites for hydroxylation is 1. The summed E-state index contributed by atoms with van der Waals surface area (Å²) in [6.45, 7) is 0.467. The fourth-order valence-corrected chi connectivity index (χ4v) is 2.74. The number of ether oxygens (including phenoxy) is 1. The van der Waals surface area contributed by atoms with Crippen molar-refractivity contribution in [2.24, 2.45) is 0 Å². The zero-order chi connectivity index (χ0) is 20.6. The lowest BCUT2D eigenvalue weighted by Crippen LogP contribution is -2.23. The van der Waals surface area contributed by atoms with Crippen LogP contribution in [-0.2, 0) is 24.4 Å². The van der Waals surface area contributed by atoms with Gasteiger partial charge in [-0.3, -0.25) is 4.79 Å². The van der Waals surface area contributed by atoms with E-state index in [1.54, 1.807) is 0 Å². The summed E-state index contributed by atoms with van der Waals surface area (Å²) in [7, 11) is 0. The van der Waals surface area contributed by atoms with Gasteiger partial charge in [-0.1, -0.05) is 53.7 Å². The molecule has 0 saturated heterocycles. The molecule has 0 fully saturated rings. The highest BCUT2D eigenvalue weighted by atomic mass is 16.5. The average Bonchev–Trinajstić information content (AvgIpc) is 3.46. The maximum absolute atomic E-state index is 12.1. The third kappa shape index (κ3) is 5.32. The van der Waals surface area contributed by atoms with Crippen LogP contribution in [0.3, 0.4) is 0 Å². The molecular formula is C22H20N4O4. The van der Waals surface area contributed by atoms with Gasteiger partial charge in [0.05, 0.1) is 6.54 Å². The van der Waals surface area contributed by atoms with E-state index in [1.165, 1.54) is 0 Å². The first-order chi connectivity index (χ1) is 14.8. The minimum atomic E-state index is -0.139. The van der Waals surface area contributed by atoms with E-state index in [1.807, 2.05) is 66.7 Å². The number of benzene rings is 2. The fraction of sp³-hybridized carbons (Fsp3) is 0.182. The van der Waals surface area contributed by atoms with Crippen molar-refractivity contribution in [1.29, 1.82) is 0 Å². The third-order valence-electron chi connectivity index (χ3n) is 4.26. The van der Waals surface area contributed by atoms with E-state index >= 15 is 0 Å². The van der Waals surface area contributed by atoms with Crippen LogP contribution in [-0.4, -0.2) is 21.3 Å². The van der Waals surface area contributed by atoms with Crippen LogP contribution < -0.4 is 10.1 Å². The van der Waals surface area contributed by atoms with Gasteiger partial charge in [0, 0.05) is 24.5 Å². The van der Waals surface area contributed by atoms with Gasteiger partial charge in [-0.2, -0.15) is 0 Å². The smallest absolute Gasteiger partial charge is 0.253 e. The number of rotatable bonds is 9. The molecule has 0 atom stereocenters. The topological polar surface area (TPSA) is 103 Å². The van der Waals surface area contributed by atoms with E-state index in [2.05, 4.69) is 20.7 Å². The molecule has 0 aliphatic carbocycles. The lowest BCUT2D eigenvalue weighted by molar-refractivity contribution is -0.121. The minimum Gasteiger partial charge on any atom is -0.484 e. The number of nitrogens with one attached hydrogen (secondary N) is 1. The van der Waals surface area contributed by atoms with Crippen LogP contribution in [0.15, 0.2) is 75.7 Å². The van der Waals surface area contributed by atoms with Crippen LogP contribution in [0.25, 0.3) is 11.3 Å². The number of hydrogen-bond donors (Lipinski definition) is 1. The van der Waals surface area contributed by atoms with Gasteiger partial charge in [-0.05, 0) is 12.1 Å². The Morgan fingerprint density at radius 2 is 1.70 bits per heavy atom. The number of nitrogens with zero attached hydrogens (tertiary/aromatic N) is 3. The first kappa shape index (κ1) is 19.4. The minimum absolute atomic E-state index is 0.139. The van der Waals surface area contributed by atoms with Crippen molar-refractivity contribution in [3.05, 3.63) is 84.2 Å². The highest BCUT2D eigenvalue weighted by Gasteiger charge is 2.11. The molecule has 0 radical (unpaired) electrons. The molecule has 0 aliphatic heterocycles. The molecule has 8 heteroatoms. The van der Waals surface area contributed by atoms with E-state index in [-0.39, 0.29) is 25.5 Å². The van der Waals surface area contributed by atoms with E-state index < -0.39 is 0 Å². The maximum atomic E-state index is 12.1.